The summed E-state index contributed by atoms with van der Waals surface area (Å²) in [6, 6.07) is 33.2. The summed E-state index contributed by atoms with van der Waals surface area (Å²) >= 11 is 0. The van der Waals surface area contributed by atoms with Gasteiger partial charge < -0.3 is 4.48 Å². The van der Waals surface area contributed by atoms with Gasteiger partial charge in [-0.15, -0.1) is 0 Å². The summed E-state index contributed by atoms with van der Waals surface area (Å²) in [4.78, 5) is 0. The lowest BCUT2D eigenvalue weighted by Crippen LogP contribution is -2.46. The maximum Gasteiger partial charge on any atom is 0.105 e. The van der Waals surface area contributed by atoms with Gasteiger partial charge in [0.2, 0.25) is 0 Å². The van der Waals surface area contributed by atoms with Gasteiger partial charge in [0, 0.05) is 16.7 Å². The zero-order chi connectivity index (χ0) is 29.4. The van der Waals surface area contributed by atoms with Crippen molar-refractivity contribution in [2.75, 3.05) is 6.54 Å². The van der Waals surface area contributed by atoms with Crippen LogP contribution in [0, 0.1) is 0 Å². The van der Waals surface area contributed by atoms with Gasteiger partial charge >= 0.3 is 0 Å². The van der Waals surface area contributed by atoms with Crippen molar-refractivity contribution in [2.45, 2.75) is 129 Å². The highest BCUT2D eigenvalue weighted by atomic mass is 15.3. The second kappa shape index (κ2) is 22.0. The van der Waals surface area contributed by atoms with Crippen molar-refractivity contribution in [3.05, 3.63) is 120 Å². The van der Waals surface area contributed by atoms with Crippen LogP contribution in [-0.4, -0.2) is 11.0 Å². The maximum absolute atomic E-state index is 2.48. The normalized spacial score (nSPS) is 11.8. The molecule has 0 atom stereocenters. The van der Waals surface area contributed by atoms with Crippen LogP contribution in [0.5, 0.6) is 0 Å². The molecule has 1 heteroatoms. The summed E-state index contributed by atoms with van der Waals surface area (Å²) in [5, 5.41) is 0. The van der Waals surface area contributed by atoms with Crippen LogP contribution in [0.25, 0.3) is 0 Å². The van der Waals surface area contributed by atoms with Crippen LogP contribution >= 0.6 is 0 Å². The highest BCUT2D eigenvalue weighted by Gasteiger charge is 2.28. The Kier molecular flexibility index (Phi) is 17.7. The van der Waals surface area contributed by atoms with Crippen LogP contribution in [0.15, 0.2) is 103 Å². The van der Waals surface area contributed by atoms with E-state index < -0.39 is 0 Å². The third-order valence-corrected chi connectivity index (χ3v) is 8.72. The molecular weight excluding hydrogens is 506 g/mol. The molecule has 0 saturated carbocycles. The summed E-state index contributed by atoms with van der Waals surface area (Å²) in [5.41, 5.74) is 4.25. The van der Waals surface area contributed by atoms with E-state index >= 15 is 0 Å². The SMILES string of the molecule is CCCCCCCCCCCCCCCCC/C=C/C[N+](Cc1ccccc1)(Cc1ccccc1)Cc1ccccc1. The Balaban J connectivity index is 1.40. The molecule has 0 fully saturated rings. The highest BCUT2D eigenvalue weighted by molar-refractivity contribution is 5.17. The van der Waals surface area contributed by atoms with Crippen molar-refractivity contribution in [3.63, 3.8) is 0 Å². The number of hydrogen-bond donors (Lipinski definition) is 0. The van der Waals surface area contributed by atoms with Gasteiger partial charge in [-0.3, -0.25) is 0 Å². The fraction of sp³-hybridized carbons (Fsp3) is 0.512. The Morgan fingerprint density at radius 2 is 0.738 bits per heavy atom. The average Bonchev–Trinajstić information content (AvgIpc) is 3.02. The molecule has 228 valence electrons. The third-order valence-electron chi connectivity index (χ3n) is 8.72. The number of allylic oxidation sites excluding steroid dienone is 1. The van der Waals surface area contributed by atoms with Crippen LogP contribution in [0.3, 0.4) is 0 Å². The zero-order valence-corrected chi connectivity index (χ0v) is 26.9. The number of rotatable bonds is 24. The molecule has 3 aromatic rings. The molecule has 3 rings (SSSR count). The Labute approximate surface area is 259 Å². The predicted octanol–water partition coefficient (Wildman–Crippen LogP) is 12.2. The molecule has 0 spiro atoms. The van der Waals surface area contributed by atoms with Crippen LogP contribution < -0.4 is 0 Å². The van der Waals surface area contributed by atoms with E-state index in [1.807, 2.05) is 0 Å². The monoisotopic (exact) mass is 566 g/mol. The third kappa shape index (κ3) is 15.0. The van der Waals surface area contributed by atoms with Crippen LogP contribution in [0.2, 0.25) is 0 Å². The van der Waals surface area contributed by atoms with E-state index in [1.165, 1.54) is 119 Å². The molecule has 0 aliphatic rings. The Hall–Kier alpha value is -2.64. The van der Waals surface area contributed by atoms with Crippen LogP contribution in [-0.2, 0) is 19.6 Å². The van der Waals surface area contributed by atoms with E-state index in [4.69, 9.17) is 0 Å². The summed E-state index contributed by atoms with van der Waals surface area (Å²) in [6.45, 7) is 6.46. The largest absolute Gasteiger partial charge is 0.309 e. The van der Waals surface area contributed by atoms with Gasteiger partial charge in [0.15, 0.2) is 0 Å². The van der Waals surface area contributed by atoms with Crippen LogP contribution in [0.4, 0.5) is 0 Å². The lowest BCUT2D eigenvalue weighted by molar-refractivity contribution is -0.961. The summed E-state index contributed by atoms with van der Waals surface area (Å²) in [5.74, 6) is 0. The number of unbranched alkanes of at least 4 members (excludes halogenated alkanes) is 15. The number of nitrogens with zero attached hydrogens (tertiary/aromatic N) is 1. The van der Waals surface area contributed by atoms with E-state index in [-0.39, 0.29) is 0 Å². The second-order valence-corrected chi connectivity index (χ2v) is 12.7. The average molecular weight is 567 g/mol. The van der Waals surface area contributed by atoms with Crippen molar-refractivity contribution in [3.8, 4) is 0 Å². The minimum Gasteiger partial charge on any atom is -0.309 e. The topological polar surface area (TPSA) is 0 Å². The predicted molar refractivity (Wildman–Crippen MR) is 184 cm³/mol. The minimum absolute atomic E-state index is 1.01. The lowest BCUT2D eigenvalue weighted by Gasteiger charge is -2.38. The summed E-state index contributed by atoms with van der Waals surface area (Å²) < 4.78 is 1.01. The molecule has 0 heterocycles. The fourth-order valence-corrected chi connectivity index (χ4v) is 6.32. The molecular formula is C41H60N+. The van der Waals surface area contributed by atoms with E-state index in [0.29, 0.717) is 0 Å². The van der Waals surface area contributed by atoms with Crippen molar-refractivity contribution >= 4 is 0 Å². The van der Waals surface area contributed by atoms with Gasteiger partial charge in [-0.1, -0.05) is 194 Å². The minimum atomic E-state index is 1.01. The van der Waals surface area contributed by atoms with Gasteiger partial charge in [0.05, 0.1) is 6.54 Å². The highest BCUT2D eigenvalue weighted by Crippen LogP contribution is 2.25. The van der Waals surface area contributed by atoms with Crippen molar-refractivity contribution in [1.29, 1.82) is 0 Å². The van der Waals surface area contributed by atoms with E-state index in [0.717, 1.165) is 30.7 Å². The Morgan fingerprint density at radius 3 is 1.10 bits per heavy atom. The van der Waals surface area contributed by atoms with E-state index in [9.17, 15) is 0 Å². The molecule has 1 nitrogen and oxygen atoms in total. The molecule has 0 unspecified atom stereocenters. The molecule has 0 N–H and O–H groups in total. The number of quaternary nitrogens is 1. The Morgan fingerprint density at radius 1 is 0.405 bits per heavy atom. The molecule has 0 bridgehead atoms. The van der Waals surface area contributed by atoms with Gasteiger partial charge in [-0.2, -0.15) is 0 Å². The first-order chi connectivity index (χ1) is 20.8. The zero-order valence-electron chi connectivity index (χ0n) is 26.9. The van der Waals surface area contributed by atoms with Crippen molar-refractivity contribution < 1.29 is 4.48 Å². The van der Waals surface area contributed by atoms with Gasteiger partial charge in [0.1, 0.15) is 19.6 Å². The number of benzene rings is 3. The smallest absolute Gasteiger partial charge is 0.105 e. The second-order valence-electron chi connectivity index (χ2n) is 12.7. The first-order valence-corrected chi connectivity index (χ1v) is 17.4. The van der Waals surface area contributed by atoms with Gasteiger partial charge in [-0.05, 0) is 18.9 Å². The fourth-order valence-electron chi connectivity index (χ4n) is 6.32. The first kappa shape index (κ1) is 33.9. The first-order valence-electron chi connectivity index (χ1n) is 17.4. The molecule has 0 aromatic heterocycles. The van der Waals surface area contributed by atoms with Gasteiger partial charge in [0.25, 0.3) is 0 Å². The molecule has 42 heavy (non-hydrogen) atoms. The van der Waals surface area contributed by atoms with Crippen LogP contribution in [0.1, 0.15) is 126 Å². The van der Waals surface area contributed by atoms with E-state index in [2.05, 4.69) is 110 Å². The molecule has 0 aliphatic heterocycles. The number of hydrogen-bond acceptors (Lipinski definition) is 0. The quantitative estimate of drug-likeness (QED) is 0.0574. The lowest BCUT2D eigenvalue weighted by atomic mass is 10.0. The molecule has 0 aliphatic carbocycles. The Bertz CT molecular complexity index is 939. The van der Waals surface area contributed by atoms with Gasteiger partial charge in [-0.25, -0.2) is 0 Å². The molecule has 0 radical (unpaired) electrons. The van der Waals surface area contributed by atoms with E-state index in [1.54, 1.807) is 0 Å². The maximum atomic E-state index is 2.48. The summed E-state index contributed by atoms with van der Waals surface area (Å²) in [7, 11) is 0. The molecule has 3 aromatic carbocycles. The van der Waals surface area contributed by atoms with Crippen molar-refractivity contribution in [2.24, 2.45) is 0 Å². The standard InChI is InChI=1S/C41H60N/c1-2-3-4-5-6-7-8-9-10-11-12-13-14-15-16-17-18-28-35-42(36-39-29-22-19-23-30-39,37-40-31-24-20-25-32-40)38-41-33-26-21-27-34-41/h18-34H,2-17,35-38H2,1H3/q+1/b28-18+. The summed E-state index contributed by atoms with van der Waals surface area (Å²) in [6.07, 6.45) is 27.5. The molecule has 0 saturated heterocycles. The molecule has 0 amide bonds. The van der Waals surface area contributed by atoms with Crippen molar-refractivity contribution in [1.82, 2.24) is 0 Å².